The van der Waals surface area contributed by atoms with Crippen LogP contribution < -0.4 is 5.32 Å². The lowest BCUT2D eigenvalue weighted by atomic mass is 10.2. The van der Waals surface area contributed by atoms with Crippen molar-refractivity contribution in [3.63, 3.8) is 0 Å². The Labute approximate surface area is 106 Å². The van der Waals surface area contributed by atoms with E-state index in [0.717, 1.165) is 19.3 Å². The molecule has 1 fully saturated rings. The zero-order chi connectivity index (χ0) is 12.4. The number of hydrogen-bond acceptors (Lipinski definition) is 2. The fourth-order valence-electron chi connectivity index (χ4n) is 2.05. The molecule has 1 aromatic carbocycles. The fraction of sp³-hybridized carbons (Fsp3) is 0.462. The van der Waals surface area contributed by atoms with Gasteiger partial charge in [-0.25, -0.2) is 4.39 Å². The third kappa shape index (κ3) is 3.00. The van der Waals surface area contributed by atoms with Gasteiger partial charge in [-0.1, -0.05) is 13.3 Å². The van der Waals surface area contributed by atoms with E-state index in [1.54, 1.807) is 0 Å². The van der Waals surface area contributed by atoms with Crippen LogP contribution in [0.25, 0.3) is 0 Å². The van der Waals surface area contributed by atoms with Crippen molar-refractivity contribution in [2.75, 3.05) is 0 Å². The summed E-state index contributed by atoms with van der Waals surface area (Å²) in [6.45, 7) is 2.13. The van der Waals surface area contributed by atoms with Crippen molar-refractivity contribution in [3.8, 4) is 0 Å². The van der Waals surface area contributed by atoms with Gasteiger partial charge >= 0.3 is 0 Å². The first-order valence-corrected chi connectivity index (χ1v) is 6.36. The maximum Gasteiger partial charge on any atom is 0.254 e. The van der Waals surface area contributed by atoms with E-state index in [-0.39, 0.29) is 17.5 Å². The largest absolute Gasteiger partial charge is 0.349 e. The molecule has 1 N–H and O–H groups in total. The van der Waals surface area contributed by atoms with E-state index in [9.17, 15) is 9.18 Å². The molecule has 92 valence electrons. The summed E-state index contributed by atoms with van der Waals surface area (Å²) in [6, 6.07) is 4.50. The average Bonchev–Trinajstić information content (AvgIpc) is 3.00. The quantitative estimate of drug-likeness (QED) is 0.793. The molecule has 2 nitrogen and oxygen atoms in total. The molecule has 0 aliphatic heterocycles. The van der Waals surface area contributed by atoms with Crippen LogP contribution in [0.5, 0.6) is 0 Å². The van der Waals surface area contributed by atoms with Crippen molar-refractivity contribution in [2.45, 2.75) is 37.1 Å². The van der Waals surface area contributed by atoms with Gasteiger partial charge in [0.2, 0.25) is 0 Å². The second kappa shape index (κ2) is 5.08. The second-order valence-corrected chi connectivity index (χ2v) is 5.04. The molecule has 4 heteroatoms. The van der Waals surface area contributed by atoms with Crippen LogP contribution in [0.15, 0.2) is 23.1 Å². The van der Waals surface area contributed by atoms with E-state index in [4.69, 9.17) is 0 Å². The minimum Gasteiger partial charge on any atom is -0.349 e. The highest BCUT2D eigenvalue weighted by atomic mass is 32.1. The van der Waals surface area contributed by atoms with Crippen LogP contribution in [0, 0.1) is 11.7 Å². The molecule has 17 heavy (non-hydrogen) atoms. The first-order chi connectivity index (χ1) is 8.11. The summed E-state index contributed by atoms with van der Waals surface area (Å²) in [7, 11) is 0. The number of rotatable bonds is 4. The smallest absolute Gasteiger partial charge is 0.254 e. The van der Waals surface area contributed by atoms with Gasteiger partial charge in [-0.05, 0) is 37.0 Å². The molecular weight excluding hydrogens is 237 g/mol. The number of carbonyl (C=O) groups excluding carboxylic acids is 1. The molecule has 0 spiro atoms. The molecule has 1 aliphatic rings. The number of amides is 1. The highest BCUT2D eigenvalue weighted by molar-refractivity contribution is 7.80. The van der Waals surface area contributed by atoms with Gasteiger partial charge in [-0.15, -0.1) is 12.6 Å². The molecule has 1 saturated carbocycles. The maximum atomic E-state index is 13.4. The van der Waals surface area contributed by atoms with Gasteiger partial charge in [-0.2, -0.15) is 0 Å². The molecular formula is C13H16FNOS. The second-order valence-electron chi connectivity index (χ2n) is 4.53. The molecule has 2 rings (SSSR count). The van der Waals surface area contributed by atoms with Gasteiger partial charge in [0, 0.05) is 10.9 Å². The molecule has 2 unspecified atom stereocenters. The number of nitrogens with one attached hydrogen (secondary N) is 1. The third-order valence-corrected chi connectivity index (χ3v) is 3.37. The summed E-state index contributed by atoms with van der Waals surface area (Å²) in [5.74, 6) is -0.249. The van der Waals surface area contributed by atoms with Gasteiger partial charge in [0.1, 0.15) is 5.82 Å². The van der Waals surface area contributed by atoms with Crippen LogP contribution >= 0.6 is 12.6 Å². The van der Waals surface area contributed by atoms with E-state index in [1.807, 2.05) is 0 Å². The first kappa shape index (κ1) is 12.4. The molecule has 1 aromatic rings. The number of thiol groups is 1. The van der Waals surface area contributed by atoms with Crippen LogP contribution in [0.4, 0.5) is 4.39 Å². The van der Waals surface area contributed by atoms with Crippen molar-refractivity contribution in [3.05, 3.63) is 29.6 Å². The fourth-order valence-corrected chi connectivity index (χ4v) is 2.25. The van der Waals surface area contributed by atoms with Crippen molar-refractivity contribution in [1.29, 1.82) is 0 Å². The van der Waals surface area contributed by atoms with Crippen molar-refractivity contribution in [1.82, 2.24) is 5.32 Å². The lowest BCUT2D eigenvalue weighted by molar-refractivity contribution is 0.0944. The Balaban J connectivity index is 1.98. The molecule has 0 heterocycles. The molecule has 1 aliphatic carbocycles. The Hall–Kier alpha value is -1.03. The van der Waals surface area contributed by atoms with E-state index < -0.39 is 5.82 Å². The predicted octanol–water partition coefficient (Wildman–Crippen LogP) is 3.03. The number of carbonyl (C=O) groups is 1. The van der Waals surface area contributed by atoms with Gasteiger partial charge in [0.25, 0.3) is 5.91 Å². The van der Waals surface area contributed by atoms with E-state index in [0.29, 0.717) is 10.8 Å². The molecule has 0 aromatic heterocycles. The highest BCUT2D eigenvalue weighted by Crippen LogP contribution is 2.34. The zero-order valence-electron chi connectivity index (χ0n) is 9.74. The summed E-state index contributed by atoms with van der Waals surface area (Å²) in [5, 5.41) is 2.86. The number of benzene rings is 1. The predicted molar refractivity (Wildman–Crippen MR) is 67.9 cm³/mol. The summed E-state index contributed by atoms with van der Waals surface area (Å²) in [6.07, 6.45) is 3.26. The van der Waals surface area contributed by atoms with Crippen LogP contribution in [-0.4, -0.2) is 11.9 Å². The summed E-state index contributed by atoms with van der Waals surface area (Å²) < 4.78 is 13.4. The first-order valence-electron chi connectivity index (χ1n) is 5.91. The molecule has 0 saturated heterocycles. The minimum atomic E-state index is -0.493. The van der Waals surface area contributed by atoms with Crippen LogP contribution in [0.1, 0.15) is 36.5 Å². The van der Waals surface area contributed by atoms with Gasteiger partial charge in [0.15, 0.2) is 0 Å². The van der Waals surface area contributed by atoms with Crippen molar-refractivity contribution < 1.29 is 9.18 Å². The average molecular weight is 253 g/mol. The minimum absolute atomic E-state index is 0.0830. The summed E-state index contributed by atoms with van der Waals surface area (Å²) >= 11 is 4.11. The Kier molecular flexibility index (Phi) is 3.72. The lowest BCUT2D eigenvalue weighted by Gasteiger charge is -2.06. The Bertz CT molecular complexity index is 435. The van der Waals surface area contributed by atoms with Gasteiger partial charge in [0.05, 0.1) is 5.56 Å². The third-order valence-electron chi connectivity index (χ3n) is 3.09. The van der Waals surface area contributed by atoms with Crippen LogP contribution in [-0.2, 0) is 0 Å². The van der Waals surface area contributed by atoms with Crippen molar-refractivity contribution in [2.24, 2.45) is 5.92 Å². The summed E-state index contributed by atoms with van der Waals surface area (Å²) in [4.78, 5) is 12.4. The van der Waals surface area contributed by atoms with Gasteiger partial charge < -0.3 is 5.32 Å². The zero-order valence-corrected chi connectivity index (χ0v) is 10.6. The highest BCUT2D eigenvalue weighted by Gasteiger charge is 2.37. The Morgan fingerprint density at radius 1 is 1.59 bits per heavy atom. The monoisotopic (exact) mass is 253 g/mol. The number of hydrogen-bond donors (Lipinski definition) is 2. The molecule has 0 bridgehead atoms. The maximum absolute atomic E-state index is 13.4. The Morgan fingerprint density at radius 3 is 3.06 bits per heavy atom. The Morgan fingerprint density at radius 2 is 2.35 bits per heavy atom. The topological polar surface area (TPSA) is 29.1 Å². The summed E-state index contributed by atoms with van der Waals surface area (Å²) in [5.41, 5.74) is 0.0830. The van der Waals surface area contributed by atoms with Crippen LogP contribution in [0.2, 0.25) is 0 Å². The van der Waals surface area contributed by atoms with Crippen LogP contribution in [0.3, 0.4) is 0 Å². The number of halogens is 1. The normalized spacial score (nSPS) is 22.3. The lowest BCUT2D eigenvalue weighted by Crippen LogP contribution is -2.27. The molecule has 0 radical (unpaired) electrons. The molecule has 1 amide bonds. The standard InChI is InChI=1S/C13H16FNOS/c1-2-3-8-6-12(8)15-13(16)10-7-9(17)4-5-11(10)14/h4-5,7-8,12,17H,2-3,6H2,1H3,(H,15,16). The molecule has 2 atom stereocenters. The van der Waals surface area contributed by atoms with E-state index in [2.05, 4.69) is 24.9 Å². The van der Waals surface area contributed by atoms with E-state index >= 15 is 0 Å². The van der Waals surface area contributed by atoms with Crippen molar-refractivity contribution >= 4 is 18.5 Å². The SMILES string of the molecule is CCCC1CC1NC(=O)c1cc(S)ccc1F. The van der Waals surface area contributed by atoms with Gasteiger partial charge in [-0.3, -0.25) is 4.79 Å². The van der Waals surface area contributed by atoms with E-state index in [1.165, 1.54) is 18.2 Å².